The molecular weight excluding hydrogens is 345 g/mol. The highest BCUT2D eigenvalue weighted by Gasteiger charge is 2.32. The first-order chi connectivity index (χ1) is 13.0. The Labute approximate surface area is 156 Å². The first kappa shape index (κ1) is 17.4. The van der Waals surface area contributed by atoms with Crippen molar-refractivity contribution in [2.75, 3.05) is 5.73 Å². The number of halogens is 1. The molecule has 4 rings (SSSR count). The molecule has 0 atom stereocenters. The summed E-state index contributed by atoms with van der Waals surface area (Å²) in [6, 6.07) is 6.27. The highest BCUT2D eigenvalue weighted by molar-refractivity contribution is 5.85. The maximum absolute atomic E-state index is 13.7. The van der Waals surface area contributed by atoms with Crippen LogP contribution in [-0.2, 0) is 6.54 Å². The minimum Gasteiger partial charge on any atom is -0.382 e. The van der Waals surface area contributed by atoms with Crippen LogP contribution in [0, 0.1) is 17.7 Å². The molecule has 0 saturated heterocycles. The summed E-state index contributed by atoms with van der Waals surface area (Å²) < 4.78 is 15.6. The molecule has 138 valence electrons. The van der Waals surface area contributed by atoms with Gasteiger partial charge in [-0.2, -0.15) is 0 Å². The Bertz CT molecular complexity index is 1080. The van der Waals surface area contributed by atoms with Crippen molar-refractivity contribution in [1.82, 2.24) is 19.5 Å². The fourth-order valence-electron chi connectivity index (χ4n) is 3.17. The number of anilines is 1. The van der Waals surface area contributed by atoms with Gasteiger partial charge in [0.25, 0.3) is 0 Å². The highest BCUT2D eigenvalue weighted by Crippen LogP contribution is 2.31. The molecule has 1 saturated carbocycles. The van der Waals surface area contributed by atoms with Gasteiger partial charge in [0.15, 0.2) is 17.0 Å². The zero-order valence-electron chi connectivity index (χ0n) is 15.0. The van der Waals surface area contributed by atoms with E-state index in [1.54, 1.807) is 12.1 Å². The van der Waals surface area contributed by atoms with Gasteiger partial charge in [0.2, 0.25) is 5.82 Å². The van der Waals surface area contributed by atoms with E-state index in [0.717, 1.165) is 12.8 Å². The summed E-state index contributed by atoms with van der Waals surface area (Å²) in [5.74, 6) is 6.43. The Morgan fingerprint density at radius 1 is 1.30 bits per heavy atom. The molecule has 0 amide bonds. The van der Waals surface area contributed by atoms with Gasteiger partial charge in [0.05, 0.1) is 0 Å². The predicted molar refractivity (Wildman–Crippen MR) is 101 cm³/mol. The lowest BCUT2D eigenvalue weighted by molar-refractivity contribution is 0.0239. The SMILES string of the molecule is CCCn1c(-c2cccc(F)c2)nc2c(N)nc(C#CC3(O)CCC3)nc21. The molecule has 2 aromatic heterocycles. The van der Waals surface area contributed by atoms with Crippen LogP contribution in [0.5, 0.6) is 0 Å². The zero-order chi connectivity index (χ0) is 19.0. The summed E-state index contributed by atoms with van der Waals surface area (Å²) >= 11 is 0. The van der Waals surface area contributed by atoms with E-state index < -0.39 is 5.60 Å². The molecule has 1 fully saturated rings. The first-order valence-electron chi connectivity index (χ1n) is 9.04. The fourth-order valence-corrected chi connectivity index (χ4v) is 3.17. The van der Waals surface area contributed by atoms with E-state index in [0.29, 0.717) is 41.9 Å². The van der Waals surface area contributed by atoms with Gasteiger partial charge in [0, 0.05) is 12.1 Å². The highest BCUT2D eigenvalue weighted by atomic mass is 19.1. The molecule has 2 heterocycles. The third-order valence-electron chi connectivity index (χ3n) is 4.74. The van der Waals surface area contributed by atoms with E-state index in [1.165, 1.54) is 12.1 Å². The number of nitrogens with two attached hydrogens (primary N) is 1. The van der Waals surface area contributed by atoms with Gasteiger partial charge in [-0.25, -0.2) is 19.3 Å². The first-order valence-corrected chi connectivity index (χ1v) is 9.04. The molecular formula is C20H20FN5O. The second-order valence-corrected chi connectivity index (χ2v) is 6.84. The minimum atomic E-state index is -0.941. The van der Waals surface area contributed by atoms with Crippen LogP contribution >= 0.6 is 0 Å². The van der Waals surface area contributed by atoms with Gasteiger partial charge in [-0.3, -0.25) is 0 Å². The Balaban J connectivity index is 1.86. The van der Waals surface area contributed by atoms with E-state index in [1.807, 2.05) is 11.5 Å². The second kappa shape index (κ2) is 6.63. The van der Waals surface area contributed by atoms with Gasteiger partial charge in [-0.05, 0) is 43.7 Å². The number of aliphatic hydroxyl groups is 1. The number of imidazole rings is 1. The standard InChI is InChI=1S/C20H20FN5O/c1-2-11-26-18(13-5-3-6-14(21)12-13)25-16-17(22)23-15(24-19(16)26)7-10-20(27)8-4-9-20/h3,5-6,12,27H,2,4,8-9,11H2,1H3,(H2,22,23,24). The van der Waals surface area contributed by atoms with Crippen LogP contribution < -0.4 is 5.73 Å². The van der Waals surface area contributed by atoms with Crippen LogP contribution in [0.3, 0.4) is 0 Å². The maximum atomic E-state index is 13.7. The summed E-state index contributed by atoms with van der Waals surface area (Å²) in [6.45, 7) is 2.69. The fraction of sp³-hybridized carbons (Fsp3) is 0.350. The summed E-state index contributed by atoms with van der Waals surface area (Å²) in [6.07, 6.45) is 3.14. The molecule has 6 nitrogen and oxygen atoms in total. The molecule has 3 N–H and O–H groups in total. The zero-order valence-corrected chi connectivity index (χ0v) is 15.0. The van der Waals surface area contributed by atoms with Crippen molar-refractivity contribution in [3.63, 3.8) is 0 Å². The summed E-state index contributed by atoms with van der Waals surface area (Å²) in [5, 5.41) is 10.2. The number of nitrogen functional groups attached to an aromatic ring is 1. The number of rotatable bonds is 3. The van der Waals surface area contributed by atoms with Crippen molar-refractivity contribution in [2.45, 2.75) is 44.8 Å². The van der Waals surface area contributed by atoms with E-state index >= 15 is 0 Å². The number of hydrogen-bond acceptors (Lipinski definition) is 5. The number of fused-ring (bicyclic) bond motifs is 1. The van der Waals surface area contributed by atoms with Crippen LogP contribution in [0.15, 0.2) is 24.3 Å². The predicted octanol–water partition coefficient (Wildman–Crippen LogP) is 2.89. The Morgan fingerprint density at radius 3 is 2.78 bits per heavy atom. The topological polar surface area (TPSA) is 89.9 Å². The van der Waals surface area contributed by atoms with Crippen LogP contribution in [0.2, 0.25) is 0 Å². The molecule has 3 aromatic rings. The van der Waals surface area contributed by atoms with E-state index in [2.05, 4.69) is 26.8 Å². The van der Waals surface area contributed by atoms with Crippen molar-refractivity contribution in [2.24, 2.45) is 0 Å². The number of benzene rings is 1. The average molecular weight is 365 g/mol. The number of nitrogens with zero attached hydrogens (tertiary/aromatic N) is 4. The molecule has 1 aliphatic carbocycles. The lowest BCUT2D eigenvalue weighted by Crippen LogP contribution is -2.34. The molecule has 1 aromatic carbocycles. The molecule has 0 spiro atoms. The lowest BCUT2D eigenvalue weighted by atomic mass is 9.81. The van der Waals surface area contributed by atoms with Crippen LogP contribution in [-0.4, -0.2) is 30.2 Å². The monoisotopic (exact) mass is 365 g/mol. The molecule has 0 radical (unpaired) electrons. The second-order valence-electron chi connectivity index (χ2n) is 6.84. The molecule has 27 heavy (non-hydrogen) atoms. The van der Waals surface area contributed by atoms with E-state index in [4.69, 9.17) is 5.73 Å². The largest absolute Gasteiger partial charge is 0.382 e. The van der Waals surface area contributed by atoms with Crippen LogP contribution in [0.1, 0.15) is 38.4 Å². The average Bonchev–Trinajstić information content (AvgIpc) is 2.98. The molecule has 1 aliphatic rings. The summed E-state index contributed by atoms with van der Waals surface area (Å²) in [7, 11) is 0. The molecule has 7 heteroatoms. The third-order valence-corrected chi connectivity index (χ3v) is 4.74. The number of hydrogen-bond donors (Lipinski definition) is 2. The molecule has 0 aliphatic heterocycles. The Kier molecular flexibility index (Phi) is 4.28. The number of aryl methyl sites for hydroxylation is 1. The normalized spacial score (nSPS) is 15.2. The Morgan fingerprint density at radius 2 is 2.11 bits per heavy atom. The van der Waals surface area contributed by atoms with E-state index in [-0.39, 0.29) is 17.5 Å². The van der Waals surface area contributed by atoms with Crippen molar-refractivity contribution in [3.8, 4) is 23.2 Å². The van der Waals surface area contributed by atoms with Gasteiger partial charge in [-0.1, -0.05) is 25.0 Å². The van der Waals surface area contributed by atoms with Crippen molar-refractivity contribution < 1.29 is 9.50 Å². The van der Waals surface area contributed by atoms with Crippen molar-refractivity contribution in [1.29, 1.82) is 0 Å². The van der Waals surface area contributed by atoms with Gasteiger partial charge in [-0.15, -0.1) is 0 Å². The molecule has 0 unspecified atom stereocenters. The van der Waals surface area contributed by atoms with Gasteiger partial charge in [0.1, 0.15) is 17.2 Å². The summed E-state index contributed by atoms with van der Waals surface area (Å²) in [4.78, 5) is 13.3. The maximum Gasteiger partial charge on any atom is 0.209 e. The minimum absolute atomic E-state index is 0.220. The van der Waals surface area contributed by atoms with Crippen molar-refractivity contribution in [3.05, 3.63) is 35.9 Å². The Hall–Kier alpha value is -2.98. The lowest BCUT2D eigenvalue weighted by Gasteiger charge is -2.30. The molecule has 0 bridgehead atoms. The van der Waals surface area contributed by atoms with Gasteiger partial charge < -0.3 is 15.4 Å². The van der Waals surface area contributed by atoms with Crippen LogP contribution in [0.4, 0.5) is 10.2 Å². The van der Waals surface area contributed by atoms with Gasteiger partial charge >= 0.3 is 0 Å². The van der Waals surface area contributed by atoms with Crippen LogP contribution in [0.25, 0.3) is 22.6 Å². The smallest absolute Gasteiger partial charge is 0.209 e. The van der Waals surface area contributed by atoms with E-state index in [9.17, 15) is 9.50 Å². The van der Waals surface area contributed by atoms with Crippen molar-refractivity contribution >= 4 is 17.0 Å². The quantitative estimate of drug-likeness (QED) is 0.697. The summed E-state index contributed by atoms with van der Waals surface area (Å²) in [5.41, 5.74) is 6.84. The number of aromatic nitrogens is 4. The third kappa shape index (κ3) is 3.24.